The number of halogens is 3. The Morgan fingerprint density at radius 1 is 1.44 bits per heavy atom. The minimum absolute atomic E-state index is 0.00156. The van der Waals surface area contributed by atoms with Crippen LogP contribution in [0.2, 0.25) is 10.0 Å². The largest absolute Gasteiger partial charge is 0.389 e. The Hall–Kier alpha value is -0.330. The van der Waals surface area contributed by atoms with E-state index in [0.29, 0.717) is 0 Å². The molecule has 7 heteroatoms. The molecule has 0 aromatic heterocycles. The maximum atomic E-state index is 13.3. The molecule has 3 nitrogen and oxygen atoms in total. The summed E-state index contributed by atoms with van der Waals surface area (Å²) >= 11 is 12.2. The molecule has 0 amide bonds. The fourth-order valence-electron chi connectivity index (χ4n) is 1.29. The van der Waals surface area contributed by atoms with Gasteiger partial charge < -0.3 is 10.2 Å². The topological polar surface area (TPSA) is 57.5 Å². The lowest BCUT2D eigenvalue weighted by molar-refractivity contribution is -0.109. The lowest BCUT2D eigenvalue weighted by atomic mass is 10.1. The summed E-state index contributed by atoms with van der Waals surface area (Å²) in [6.07, 6.45) is -2.65. The molecule has 0 saturated carbocycles. The van der Waals surface area contributed by atoms with Crippen LogP contribution in [0.25, 0.3) is 0 Å². The van der Waals surface area contributed by atoms with Crippen molar-refractivity contribution in [2.75, 3.05) is 5.75 Å². The number of aliphatic hydroxyl groups excluding tert-OH is 2. The predicted molar refractivity (Wildman–Crippen MR) is 70.5 cm³/mol. The van der Waals surface area contributed by atoms with Gasteiger partial charge in [0.15, 0.2) is 5.12 Å². The van der Waals surface area contributed by atoms with Crippen LogP contribution in [0.4, 0.5) is 4.39 Å². The Morgan fingerprint density at radius 2 is 2.06 bits per heavy atom. The third-order valence-electron chi connectivity index (χ3n) is 2.16. The zero-order valence-corrected chi connectivity index (χ0v) is 11.7. The van der Waals surface area contributed by atoms with Crippen molar-refractivity contribution in [3.8, 4) is 0 Å². The molecule has 100 valence electrons. The average Bonchev–Trinajstić information content (AvgIpc) is 2.29. The molecule has 1 rings (SSSR count). The van der Waals surface area contributed by atoms with Crippen LogP contribution in [0.3, 0.4) is 0 Å². The van der Waals surface area contributed by atoms with E-state index in [0.717, 1.165) is 17.8 Å². The number of carbonyl (C=O) groups is 1. The van der Waals surface area contributed by atoms with Crippen molar-refractivity contribution in [1.29, 1.82) is 0 Å². The molecule has 2 unspecified atom stereocenters. The van der Waals surface area contributed by atoms with Gasteiger partial charge in [-0.05, 0) is 12.1 Å². The summed E-state index contributed by atoms with van der Waals surface area (Å²) in [7, 11) is 0. The molecule has 0 aliphatic carbocycles. The van der Waals surface area contributed by atoms with E-state index in [9.17, 15) is 19.4 Å². The smallest absolute Gasteiger partial charge is 0.185 e. The highest BCUT2D eigenvalue weighted by atomic mass is 35.5. The maximum absolute atomic E-state index is 13.3. The van der Waals surface area contributed by atoms with E-state index in [4.69, 9.17) is 23.2 Å². The summed E-state index contributed by atoms with van der Waals surface area (Å²) < 4.78 is 13.3. The molecule has 0 aliphatic rings. The van der Waals surface area contributed by atoms with Crippen LogP contribution >= 0.6 is 35.0 Å². The van der Waals surface area contributed by atoms with Crippen LogP contribution in [0.5, 0.6) is 0 Å². The summed E-state index contributed by atoms with van der Waals surface area (Å²) in [5, 5.41) is 19.1. The summed E-state index contributed by atoms with van der Waals surface area (Å²) in [6.45, 7) is 1.34. The fourth-order valence-corrected chi connectivity index (χ4v) is 2.31. The highest BCUT2D eigenvalue weighted by Crippen LogP contribution is 2.31. The van der Waals surface area contributed by atoms with E-state index in [1.165, 1.54) is 13.0 Å². The molecule has 2 N–H and O–H groups in total. The van der Waals surface area contributed by atoms with Gasteiger partial charge in [0.1, 0.15) is 11.9 Å². The minimum Gasteiger partial charge on any atom is -0.389 e. The highest BCUT2D eigenvalue weighted by Gasteiger charge is 2.23. The first-order valence-corrected chi connectivity index (χ1v) is 6.71. The zero-order valence-electron chi connectivity index (χ0n) is 9.36. The molecular weight excluding hydrogens is 302 g/mol. The van der Waals surface area contributed by atoms with E-state index in [1.54, 1.807) is 0 Å². The molecule has 18 heavy (non-hydrogen) atoms. The first-order valence-electron chi connectivity index (χ1n) is 4.97. The van der Waals surface area contributed by atoms with Crippen molar-refractivity contribution in [1.82, 2.24) is 0 Å². The van der Waals surface area contributed by atoms with Crippen molar-refractivity contribution in [3.63, 3.8) is 0 Å². The predicted octanol–water partition coefficient (Wildman–Crippen LogP) is 2.81. The molecule has 0 saturated heterocycles. The number of thioether (sulfide) groups is 1. The Kier molecular flexibility index (Phi) is 5.88. The zero-order chi connectivity index (χ0) is 13.9. The van der Waals surface area contributed by atoms with E-state index >= 15 is 0 Å². The van der Waals surface area contributed by atoms with Gasteiger partial charge in [-0.15, -0.1) is 0 Å². The minimum atomic E-state index is -1.41. The Morgan fingerprint density at radius 3 is 2.61 bits per heavy atom. The van der Waals surface area contributed by atoms with Gasteiger partial charge in [0.05, 0.1) is 11.1 Å². The molecule has 1 aromatic carbocycles. The number of hydrogen-bond donors (Lipinski definition) is 2. The standard InChI is InChI=1S/C11H11Cl2FO3S/c1-5(15)18-4-9(16)11(17)7-2-6(12)3-8(14)10(7)13/h2-3,9,11,16-17H,4H2,1H3. The first kappa shape index (κ1) is 15.7. The Bertz CT molecular complexity index is 456. The molecule has 0 radical (unpaired) electrons. The Labute approximate surface area is 118 Å². The first-order chi connectivity index (χ1) is 8.32. The van der Waals surface area contributed by atoms with Crippen LogP contribution in [0, 0.1) is 5.82 Å². The van der Waals surface area contributed by atoms with Gasteiger partial charge in [0.25, 0.3) is 0 Å². The second-order valence-electron chi connectivity index (χ2n) is 3.61. The van der Waals surface area contributed by atoms with Crippen molar-refractivity contribution in [2.45, 2.75) is 19.1 Å². The van der Waals surface area contributed by atoms with Gasteiger partial charge in [0, 0.05) is 23.3 Å². The normalized spacial score (nSPS) is 14.3. The van der Waals surface area contributed by atoms with E-state index < -0.39 is 18.0 Å². The lowest BCUT2D eigenvalue weighted by Crippen LogP contribution is -2.22. The number of carbonyl (C=O) groups excluding carboxylic acids is 1. The van der Waals surface area contributed by atoms with Crippen molar-refractivity contribution in [3.05, 3.63) is 33.6 Å². The van der Waals surface area contributed by atoms with Crippen LogP contribution in [-0.2, 0) is 4.79 Å². The molecule has 0 aliphatic heterocycles. The molecule has 0 bridgehead atoms. The third kappa shape index (κ3) is 4.10. The molecule has 2 atom stereocenters. The SMILES string of the molecule is CC(=O)SCC(O)C(O)c1cc(Cl)cc(F)c1Cl. The van der Waals surface area contributed by atoms with Crippen molar-refractivity contribution < 1.29 is 19.4 Å². The molecule has 1 aromatic rings. The van der Waals surface area contributed by atoms with Crippen LogP contribution in [0.15, 0.2) is 12.1 Å². The monoisotopic (exact) mass is 312 g/mol. The molecular formula is C11H11Cl2FO3S. The van der Waals surface area contributed by atoms with Gasteiger partial charge in [-0.25, -0.2) is 4.39 Å². The number of benzene rings is 1. The van der Waals surface area contributed by atoms with E-state index in [2.05, 4.69) is 0 Å². The fraction of sp³-hybridized carbons (Fsp3) is 0.364. The van der Waals surface area contributed by atoms with Gasteiger partial charge in [-0.2, -0.15) is 0 Å². The highest BCUT2D eigenvalue weighted by molar-refractivity contribution is 8.13. The molecule has 0 heterocycles. The van der Waals surface area contributed by atoms with Gasteiger partial charge >= 0.3 is 0 Å². The maximum Gasteiger partial charge on any atom is 0.185 e. The summed E-state index contributed by atoms with van der Waals surface area (Å²) in [6, 6.07) is 2.29. The third-order valence-corrected chi connectivity index (χ3v) is 3.69. The van der Waals surface area contributed by atoms with Crippen molar-refractivity contribution in [2.24, 2.45) is 0 Å². The lowest BCUT2D eigenvalue weighted by Gasteiger charge is -2.19. The van der Waals surface area contributed by atoms with Crippen LogP contribution in [-0.4, -0.2) is 27.2 Å². The quantitative estimate of drug-likeness (QED) is 0.839. The van der Waals surface area contributed by atoms with Gasteiger partial charge in [-0.3, -0.25) is 4.79 Å². The summed E-state index contributed by atoms with van der Waals surface area (Å²) in [4.78, 5) is 10.7. The van der Waals surface area contributed by atoms with E-state index in [-0.39, 0.29) is 26.5 Å². The number of hydrogen-bond acceptors (Lipinski definition) is 4. The average molecular weight is 313 g/mol. The molecule has 0 fully saturated rings. The number of rotatable bonds is 4. The number of aliphatic hydroxyl groups is 2. The van der Waals surface area contributed by atoms with Crippen LogP contribution in [0.1, 0.15) is 18.6 Å². The van der Waals surface area contributed by atoms with Gasteiger partial charge in [-0.1, -0.05) is 35.0 Å². The second-order valence-corrected chi connectivity index (χ2v) is 5.62. The molecule has 0 spiro atoms. The summed E-state index contributed by atoms with van der Waals surface area (Å²) in [5.41, 5.74) is -0.00156. The van der Waals surface area contributed by atoms with Gasteiger partial charge in [0.2, 0.25) is 0 Å². The van der Waals surface area contributed by atoms with Crippen molar-refractivity contribution >= 4 is 40.1 Å². The van der Waals surface area contributed by atoms with E-state index in [1.807, 2.05) is 0 Å². The second kappa shape index (κ2) is 6.73. The Balaban J connectivity index is 2.89. The summed E-state index contributed by atoms with van der Waals surface area (Å²) in [5.74, 6) is -0.786. The van der Waals surface area contributed by atoms with Crippen LogP contribution < -0.4 is 0 Å².